The number of nitrogens with one attached hydrogen (secondary N) is 1. The Kier molecular flexibility index (Phi) is 5.66. The Morgan fingerprint density at radius 2 is 1.77 bits per heavy atom. The number of aromatic hydroxyl groups is 1. The van der Waals surface area contributed by atoms with E-state index in [1.165, 1.54) is 6.21 Å². The first-order chi connectivity index (χ1) is 12.6. The fraction of sp³-hybridized carbons (Fsp3) is 0.0476. The predicted molar refractivity (Wildman–Crippen MR) is 104 cm³/mol. The van der Waals surface area contributed by atoms with Gasteiger partial charge in [0.05, 0.1) is 6.21 Å². The molecule has 4 nitrogen and oxygen atoms in total. The minimum atomic E-state index is -0.312. The molecule has 3 rings (SSSR count). The van der Waals surface area contributed by atoms with Gasteiger partial charge in [0.15, 0.2) is 0 Å². The average Bonchev–Trinajstić information content (AvgIpc) is 2.66. The van der Waals surface area contributed by atoms with Crippen LogP contribution in [0.5, 0.6) is 5.75 Å². The van der Waals surface area contributed by atoms with E-state index in [-0.39, 0.29) is 11.7 Å². The number of carbonyl (C=O) groups is 1. The van der Waals surface area contributed by atoms with Crippen LogP contribution in [0.2, 0.25) is 5.02 Å². The zero-order chi connectivity index (χ0) is 18.4. The highest BCUT2D eigenvalue weighted by molar-refractivity contribution is 6.31. The van der Waals surface area contributed by atoms with Gasteiger partial charge in [0.1, 0.15) is 5.75 Å². The molecule has 130 valence electrons. The van der Waals surface area contributed by atoms with Crippen LogP contribution in [0.3, 0.4) is 0 Å². The third kappa shape index (κ3) is 4.49. The zero-order valence-corrected chi connectivity index (χ0v) is 14.6. The molecule has 2 N–H and O–H groups in total. The molecule has 26 heavy (non-hydrogen) atoms. The quantitative estimate of drug-likeness (QED) is 0.520. The van der Waals surface area contributed by atoms with Gasteiger partial charge in [0.2, 0.25) is 0 Å². The van der Waals surface area contributed by atoms with Crippen molar-refractivity contribution < 1.29 is 9.90 Å². The van der Waals surface area contributed by atoms with Crippen LogP contribution in [-0.4, -0.2) is 17.2 Å². The number of hydrogen-bond donors (Lipinski definition) is 2. The van der Waals surface area contributed by atoms with Crippen LogP contribution in [0.25, 0.3) is 0 Å². The number of phenolic OH excluding ortho intramolecular Hbond substituents is 1. The van der Waals surface area contributed by atoms with Crippen molar-refractivity contribution in [1.29, 1.82) is 0 Å². The van der Waals surface area contributed by atoms with Gasteiger partial charge in [-0.25, -0.2) is 5.43 Å². The third-order valence-electron chi connectivity index (χ3n) is 3.85. The Bertz CT molecular complexity index is 940. The molecule has 3 aromatic carbocycles. The smallest absolute Gasteiger partial charge is 0.271 e. The average molecular weight is 365 g/mol. The summed E-state index contributed by atoms with van der Waals surface area (Å²) >= 11 is 6.20. The van der Waals surface area contributed by atoms with Crippen molar-refractivity contribution >= 4 is 23.7 Å². The summed E-state index contributed by atoms with van der Waals surface area (Å²) in [6.45, 7) is 0. The first-order valence-electron chi connectivity index (χ1n) is 8.07. The molecule has 0 fully saturated rings. The van der Waals surface area contributed by atoms with Gasteiger partial charge in [-0.15, -0.1) is 0 Å². The molecule has 0 saturated heterocycles. The normalized spacial score (nSPS) is 10.8. The van der Waals surface area contributed by atoms with Gasteiger partial charge in [-0.05, 0) is 47.9 Å². The van der Waals surface area contributed by atoms with E-state index in [1.54, 1.807) is 30.3 Å². The maximum atomic E-state index is 12.0. The van der Waals surface area contributed by atoms with Crippen LogP contribution in [0.4, 0.5) is 0 Å². The van der Waals surface area contributed by atoms with Gasteiger partial charge in [-0.3, -0.25) is 4.79 Å². The van der Waals surface area contributed by atoms with E-state index < -0.39 is 0 Å². The molecule has 0 spiro atoms. The SMILES string of the molecule is O=C(NN=Cc1cc(Cc2ccccc2Cl)ccc1O)c1ccccc1. The number of phenols is 1. The monoisotopic (exact) mass is 364 g/mol. The maximum Gasteiger partial charge on any atom is 0.271 e. The van der Waals surface area contributed by atoms with E-state index in [0.29, 0.717) is 22.6 Å². The lowest BCUT2D eigenvalue weighted by Gasteiger charge is -2.07. The first-order valence-corrected chi connectivity index (χ1v) is 8.45. The van der Waals surface area contributed by atoms with Crippen LogP contribution in [0.1, 0.15) is 27.0 Å². The fourth-order valence-electron chi connectivity index (χ4n) is 2.49. The Morgan fingerprint density at radius 3 is 2.54 bits per heavy atom. The van der Waals surface area contributed by atoms with Crippen molar-refractivity contribution in [3.05, 3.63) is 100 Å². The number of rotatable bonds is 5. The van der Waals surface area contributed by atoms with Crippen molar-refractivity contribution in [2.24, 2.45) is 5.10 Å². The highest BCUT2D eigenvalue weighted by Crippen LogP contribution is 2.22. The molecule has 0 aliphatic heterocycles. The van der Waals surface area contributed by atoms with E-state index >= 15 is 0 Å². The molecule has 5 heteroatoms. The van der Waals surface area contributed by atoms with Gasteiger partial charge < -0.3 is 5.11 Å². The summed E-state index contributed by atoms with van der Waals surface area (Å²) in [5.74, 6) is -0.223. The molecule has 3 aromatic rings. The van der Waals surface area contributed by atoms with E-state index in [9.17, 15) is 9.90 Å². The van der Waals surface area contributed by atoms with Crippen LogP contribution in [0.15, 0.2) is 77.9 Å². The molecule has 0 heterocycles. The molecule has 0 aliphatic carbocycles. The second-order valence-electron chi connectivity index (χ2n) is 5.73. The molecule has 0 saturated carbocycles. The highest BCUT2D eigenvalue weighted by Gasteiger charge is 2.05. The molecular weight excluding hydrogens is 348 g/mol. The van der Waals surface area contributed by atoms with Gasteiger partial charge in [-0.2, -0.15) is 5.10 Å². The number of nitrogens with zero attached hydrogens (tertiary/aromatic N) is 1. The lowest BCUT2D eigenvalue weighted by atomic mass is 10.0. The number of amides is 1. The first kappa shape index (κ1) is 17.7. The number of hydrazone groups is 1. The molecule has 0 aromatic heterocycles. The number of benzene rings is 3. The van der Waals surface area contributed by atoms with Gasteiger partial charge in [-0.1, -0.05) is 54.1 Å². The predicted octanol–water partition coefficient (Wildman–Crippen LogP) is 4.40. The summed E-state index contributed by atoms with van der Waals surface area (Å²) in [7, 11) is 0. The van der Waals surface area contributed by atoms with E-state index in [1.807, 2.05) is 42.5 Å². The van der Waals surface area contributed by atoms with E-state index in [2.05, 4.69) is 10.5 Å². The molecule has 0 unspecified atom stereocenters. The lowest BCUT2D eigenvalue weighted by molar-refractivity contribution is 0.0955. The molecule has 0 aliphatic rings. The van der Waals surface area contributed by atoms with E-state index in [0.717, 1.165) is 11.1 Å². The third-order valence-corrected chi connectivity index (χ3v) is 4.22. The van der Waals surface area contributed by atoms with Crippen LogP contribution in [0, 0.1) is 0 Å². The largest absolute Gasteiger partial charge is 0.507 e. The van der Waals surface area contributed by atoms with Gasteiger partial charge in [0.25, 0.3) is 5.91 Å². The summed E-state index contributed by atoms with van der Waals surface area (Å²) in [6, 6.07) is 21.7. The van der Waals surface area contributed by atoms with Crippen LogP contribution < -0.4 is 5.43 Å². The number of hydrogen-bond acceptors (Lipinski definition) is 3. The lowest BCUT2D eigenvalue weighted by Crippen LogP contribution is -2.17. The zero-order valence-electron chi connectivity index (χ0n) is 13.9. The van der Waals surface area contributed by atoms with Crippen molar-refractivity contribution in [3.63, 3.8) is 0 Å². The van der Waals surface area contributed by atoms with Crippen LogP contribution in [-0.2, 0) is 6.42 Å². The number of carbonyl (C=O) groups excluding carboxylic acids is 1. The summed E-state index contributed by atoms with van der Waals surface area (Å²) in [4.78, 5) is 12.0. The van der Waals surface area contributed by atoms with Crippen LogP contribution >= 0.6 is 11.6 Å². The minimum Gasteiger partial charge on any atom is -0.507 e. The second-order valence-corrected chi connectivity index (χ2v) is 6.13. The van der Waals surface area contributed by atoms with Gasteiger partial charge in [0, 0.05) is 16.1 Å². The topological polar surface area (TPSA) is 61.7 Å². The summed E-state index contributed by atoms with van der Waals surface area (Å²) in [5, 5.41) is 14.6. The molecule has 0 bridgehead atoms. The Morgan fingerprint density at radius 1 is 1.04 bits per heavy atom. The van der Waals surface area contributed by atoms with Gasteiger partial charge >= 0.3 is 0 Å². The molecule has 1 amide bonds. The Labute approximate surface area is 156 Å². The van der Waals surface area contributed by atoms with Crippen molar-refractivity contribution in [2.75, 3.05) is 0 Å². The highest BCUT2D eigenvalue weighted by atomic mass is 35.5. The van der Waals surface area contributed by atoms with Crippen molar-refractivity contribution in [1.82, 2.24) is 5.43 Å². The summed E-state index contributed by atoms with van der Waals surface area (Å²) in [5.41, 5.74) is 5.46. The molecule has 0 radical (unpaired) electrons. The molecule has 0 atom stereocenters. The Hall–Kier alpha value is -3.11. The summed E-state index contributed by atoms with van der Waals surface area (Å²) in [6.07, 6.45) is 2.06. The standard InChI is InChI=1S/C21H17ClN2O2/c22-19-9-5-4-8-17(19)12-15-10-11-20(25)18(13-15)14-23-24-21(26)16-6-2-1-3-7-16/h1-11,13-14,25H,12H2,(H,24,26). The Balaban J connectivity index is 1.72. The second kappa shape index (κ2) is 8.32. The maximum absolute atomic E-state index is 12.0. The van der Waals surface area contributed by atoms with E-state index in [4.69, 9.17) is 11.6 Å². The summed E-state index contributed by atoms with van der Waals surface area (Å²) < 4.78 is 0. The molecular formula is C21H17ClN2O2. The number of halogens is 1. The van der Waals surface area contributed by atoms with Crippen molar-refractivity contribution in [2.45, 2.75) is 6.42 Å². The van der Waals surface area contributed by atoms with Crippen molar-refractivity contribution in [3.8, 4) is 5.75 Å². The minimum absolute atomic E-state index is 0.0885. The fourth-order valence-corrected chi connectivity index (χ4v) is 2.70.